The van der Waals surface area contributed by atoms with Crippen molar-refractivity contribution in [2.75, 3.05) is 7.11 Å². The molecule has 0 amide bonds. The van der Waals surface area contributed by atoms with Gasteiger partial charge in [0.1, 0.15) is 0 Å². The fourth-order valence-corrected chi connectivity index (χ4v) is 3.75. The molecule has 1 heterocycles. The molecule has 6 heteroatoms. The van der Waals surface area contributed by atoms with Crippen LogP contribution in [0, 0.1) is 6.92 Å². The number of hydrogen-bond donors (Lipinski definition) is 1. The number of benzene rings is 2. The number of aryl methyl sites for hydroxylation is 1. The van der Waals surface area contributed by atoms with Crippen molar-refractivity contribution in [2.24, 2.45) is 0 Å². The second kappa shape index (κ2) is 8.88. The second-order valence-corrected chi connectivity index (χ2v) is 7.19. The third kappa shape index (κ3) is 4.78. The van der Waals surface area contributed by atoms with E-state index in [2.05, 4.69) is 30.1 Å². The molecule has 0 unspecified atom stereocenters. The van der Waals surface area contributed by atoms with Crippen molar-refractivity contribution >= 4 is 17.7 Å². The number of carbonyl (C=O) groups is 1. The van der Waals surface area contributed by atoms with E-state index in [0.717, 1.165) is 22.2 Å². The molecule has 0 aliphatic rings. The zero-order chi connectivity index (χ0) is 19.2. The van der Waals surface area contributed by atoms with Crippen LogP contribution in [0.4, 0.5) is 0 Å². The van der Waals surface area contributed by atoms with Crippen LogP contribution in [0.25, 0.3) is 0 Å². The van der Waals surface area contributed by atoms with Crippen LogP contribution in [0.5, 0.6) is 0 Å². The van der Waals surface area contributed by atoms with Crippen LogP contribution in [0.3, 0.4) is 0 Å². The Morgan fingerprint density at radius 1 is 1.19 bits per heavy atom. The van der Waals surface area contributed by atoms with Crippen LogP contribution in [-0.4, -0.2) is 27.7 Å². The lowest BCUT2D eigenvalue weighted by Crippen LogP contribution is -2.06. The zero-order valence-electron chi connectivity index (χ0n) is 15.4. The van der Waals surface area contributed by atoms with Gasteiger partial charge in [-0.25, -0.2) is 9.78 Å². The minimum Gasteiger partial charge on any atom is -0.465 e. The molecule has 0 saturated heterocycles. The Hall–Kier alpha value is -2.57. The summed E-state index contributed by atoms with van der Waals surface area (Å²) in [6.45, 7) is 2.69. The first-order valence-corrected chi connectivity index (χ1v) is 9.60. The van der Waals surface area contributed by atoms with Crippen molar-refractivity contribution in [3.63, 3.8) is 0 Å². The number of methoxy groups -OCH3 is 1. The fraction of sp³-hybridized carbons (Fsp3) is 0.238. The largest absolute Gasteiger partial charge is 0.465 e. The molecule has 0 bridgehead atoms. The van der Waals surface area contributed by atoms with Crippen molar-refractivity contribution in [3.8, 4) is 0 Å². The first kappa shape index (κ1) is 19.2. The number of aliphatic hydroxyl groups is 1. The first-order valence-electron chi connectivity index (χ1n) is 8.61. The molecule has 1 aromatic heterocycles. The highest BCUT2D eigenvalue weighted by molar-refractivity contribution is 7.98. The lowest BCUT2D eigenvalue weighted by atomic mass is 10.1. The Labute approximate surface area is 163 Å². The van der Waals surface area contributed by atoms with Crippen LogP contribution in [0.1, 0.15) is 32.7 Å². The quantitative estimate of drug-likeness (QED) is 0.497. The lowest BCUT2D eigenvalue weighted by Gasteiger charge is -2.11. The summed E-state index contributed by atoms with van der Waals surface area (Å²) in [6, 6.07) is 15.7. The Morgan fingerprint density at radius 3 is 2.63 bits per heavy atom. The van der Waals surface area contributed by atoms with Gasteiger partial charge in [-0.05, 0) is 30.2 Å². The molecule has 0 aliphatic carbocycles. The molecule has 1 N–H and O–H groups in total. The van der Waals surface area contributed by atoms with Crippen molar-refractivity contribution in [1.82, 2.24) is 9.55 Å². The van der Waals surface area contributed by atoms with Crippen LogP contribution >= 0.6 is 11.8 Å². The molecule has 0 spiro atoms. The Bertz CT molecular complexity index is 919. The standard InChI is InChI=1S/C21H22N2O3S/c1-15-4-3-5-17(10-15)12-23-19(13-24)11-22-21(23)27-14-16-6-8-18(9-7-16)20(25)26-2/h3-11,24H,12-14H2,1-2H3. The number of nitrogens with zero attached hydrogens (tertiary/aromatic N) is 2. The summed E-state index contributed by atoms with van der Waals surface area (Å²) in [4.78, 5) is 16.0. The van der Waals surface area contributed by atoms with Gasteiger partial charge in [0.05, 0.1) is 31.2 Å². The molecule has 0 saturated carbocycles. The molecule has 140 valence electrons. The molecule has 3 rings (SSSR count). The van der Waals surface area contributed by atoms with E-state index in [0.29, 0.717) is 12.1 Å². The molecule has 27 heavy (non-hydrogen) atoms. The van der Waals surface area contributed by atoms with Crippen molar-refractivity contribution < 1.29 is 14.6 Å². The maximum Gasteiger partial charge on any atom is 0.337 e. The molecule has 5 nitrogen and oxygen atoms in total. The molecule has 0 atom stereocenters. The first-order chi connectivity index (χ1) is 13.1. The maximum absolute atomic E-state index is 11.5. The molecule has 3 aromatic rings. The van der Waals surface area contributed by atoms with E-state index < -0.39 is 0 Å². The fourth-order valence-electron chi connectivity index (χ4n) is 2.80. The number of thioether (sulfide) groups is 1. The van der Waals surface area contributed by atoms with E-state index in [9.17, 15) is 9.90 Å². The number of aliphatic hydroxyl groups excluding tert-OH is 1. The summed E-state index contributed by atoms with van der Waals surface area (Å²) >= 11 is 1.60. The SMILES string of the molecule is COC(=O)c1ccc(CSc2ncc(CO)n2Cc2cccc(C)c2)cc1. The van der Waals surface area contributed by atoms with Gasteiger partial charge in [0.15, 0.2) is 5.16 Å². The lowest BCUT2D eigenvalue weighted by molar-refractivity contribution is 0.0600. The van der Waals surface area contributed by atoms with E-state index in [1.807, 2.05) is 22.8 Å². The topological polar surface area (TPSA) is 64.3 Å². The number of aromatic nitrogens is 2. The number of hydrogen-bond acceptors (Lipinski definition) is 5. The van der Waals surface area contributed by atoms with Crippen LogP contribution in [0.2, 0.25) is 0 Å². The van der Waals surface area contributed by atoms with Gasteiger partial charge in [-0.15, -0.1) is 0 Å². The predicted molar refractivity (Wildman–Crippen MR) is 106 cm³/mol. The van der Waals surface area contributed by atoms with E-state index in [4.69, 9.17) is 4.74 Å². The summed E-state index contributed by atoms with van der Waals surface area (Å²) in [6.07, 6.45) is 1.72. The van der Waals surface area contributed by atoms with Crippen molar-refractivity contribution in [3.05, 3.63) is 82.7 Å². The average molecular weight is 382 g/mol. The number of carbonyl (C=O) groups excluding carboxylic acids is 1. The van der Waals surface area contributed by atoms with E-state index >= 15 is 0 Å². The van der Waals surface area contributed by atoms with E-state index in [-0.39, 0.29) is 12.6 Å². The highest BCUT2D eigenvalue weighted by atomic mass is 32.2. The number of ether oxygens (including phenoxy) is 1. The Morgan fingerprint density at radius 2 is 1.96 bits per heavy atom. The minimum absolute atomic E-state index is 0.0484. The third-order valence-electron chi connectivity index (χ3n) is 4.23. The van der Waals surface area contributed by atoms with E-state index in [1.54, 1.807) is 30.1 Å². The number of imidazole rings is 1. The van der Waals surface area contributed by atoms with Gasteiger partial charge in [0.2, 0.25) is 0 Å². The maximum atomic E-state index is 11.5. The molecule has 2 aromatic carbocycles. The van der Waals surface area contributed by atoms with Crippen molar-refractivity contribution in [1.29, 1.82) is 0 Å². The Kier molecular flexibility index (Phi) is 6.32. The van der Waals surface area contributed by atoms with E-state index in [1.165, 1.54) is 18.2 Å². The van der Waals surface area contributed by atoms with Gasteiger partial charge in [0, 0.05) is 12.3 Å². The minimum atomic E-state index is -0.338. The summed E-state index contributed by atoms with van der Waals surface area (Å²) in [5.41, 5.74) is 4.79. The average Bonchev–Trinajstić information content (AvgIpc) is 3.07. The monoisotopic (exact) mass is 382 g/mol. The molecule has 0 aliphatic heterocycles. The zero-order valence-corrected chi connectivity index (χ0v) is 16.2. The van der Waals surface area contributed by atoms with Crippen LogP contribution in [-0.2, 0) is 23.6 Å². The summed E-state index contributed by atoms with van der Waals surface area (Å²) in [7, 11) is 1.37. The second-order valence-electron chi connectivity index (χ2n) is 6.24. The van der Waals surface area contributed by atoms with Gasteiger partial charge in [-0.3, -0.25) is 0 Å². The number of rotatable bonds is 7. The highest BCUT2D eigenvalue weighted by Crippen LogP contribution is 2.24. The summed E-state index contributed by atoms with van der Waals surface area (Å²) in [5, 5.41) is 10.5. The van der Waals surface area contributed by atoms with Gasteiger partial charge < -0.3 is 14.4 Å². The smallest absolute Gasteiger partial charge is 0.337 e. The summed E-state index contributed by atoms with van der Waals surface area (Å²) in [5.74, 6) is 0.382. The normalized spacial score (nSPS) is 10.8. The van der Waals surface area contributed by atoms with Crippen LogP contribution in [0.15, 0.2) is 59.9 Å². The predicted octanol–water partition coefficient (Wildman–Crippen LogP) is 3.81. The number of esters is 1. The highest BCUT2D eigenvalue weighted by Gasteiger charge is 2.11. The van der Waals surface area contributed by atoms with Crippen molar-refractivity contribution in [2.45, 2.75) is 31.0 Å². The summed E-state index contributed by atoms with van der Waals surface area (Å²) < 4.78 is 6.76. The molecular weight excluding hydrogens is 360 g/mol. The van der Waals surface area contributed by atoms with Crippen LogP contribution < -0.4 is 0 Å². The van der Waals surface area contributed by atoms with Gasteiger partial charge in [-0.1, -0.05) is 53.7 Å². The molecular formula is C21H22N2O3S. The van der Waals surface area contributed by atoms with Gasteiger partial charge in [0.25, 0.3) is 0 Å². The molecule has 0 radical (unpaired) electrons. The Balaban J connectivity index is 1.73. The third-order valence-corrected chi connectivity index (χ3v) is 5.29. The molecule has 0 fully saturated rings. The van der Waals surface area contributed by atoms with Gasteiger partial charge in [-0.2, -0.15) is 0 Å². The van der Waals surface area contributed by atoms with Gasteiger partial charge >= 0.3 is 5.97 Å².